The minimum Gasteiger partial charge on any atom is -0.507 e. The number of nitrogens with zero attached hydrogens (tertiary/aromatic N) is 4. The molecule has 196 valence electrons. The van der Waals surface area contributed by atoms with Gasteiger partial charge in [-0.15, -0.1) is 0 Å². The summed E-state index contributed by atoms with van der Waals surface area (Å²) in [4.78, 5) is 35.9. The van der Waals surface area contributed by atoms with E-state index in [9.17, 15) is 24.2 Å². The van der Waals surface area contributed by atoms with Crippen LogP contribution in [0.2, 0.25) is 5.02 Å². The molecule has 9 nitrogen and oxygen atoms in total. The highest BCUT2D eigenvalue weighted by Crippen LogP contribution is 2.48. The maximum atomic E-state index is 14.9. The van der Waals surface area contributed by atoms with Gasteiger partial charge in [-0.05, 0) is 38.5 Å². The number of rotatable bonds is 3. The van der Waals surface area contributed by atoms with E-state index in [0.29, 0.717) is 19.5 Å². The van der Waals surface area contributed by atoms with E-state index >= 15 is 0 Å². The second-order valence-electron chi connectivity index (χ2n) is 10.00. The fraction of sp³-hybridized carbons (Fsp3) is 0.423. The third-order valence-electron chi connectivity index (χ3n) is 7.56. The Morgan fingerprint density at radius 2 is 2.05 bits per heavy atom. The van der Waals surface area contributed by atoms with Crippen LogP contribution in [-0.4, -0.2) is 87.3 Å². The summed E-state index contributed by atoms with van der Waals surface area (Å²) in [6.07, 6.45) is 0.970. The summed E-state index contributed by atoms with van der Waals surface area (Å²) in [5.41, 5.74) is -0.975. The summed E-state index contributed by atoms with van der Waals surface area (Å²) in [6.45, 7) is 8.47. The lowest BCUT2D eigenvalue weighted by molar-refractivity contribution is -0.128. The molecule has 5 rings (SSSR count). The highest BCUT2D eigenvalue weighted by Gasteiger charge is 2.46. The van der Waals surface area contributed by atoms with Crippen molar-refractivity contribution in [1.29, 1.82) is 0 Å². The quantitative estimate of drug-likeness (QED) is 0.588. The molecule has 0 unspecified atom stereocenters. The van der Waals surface area contributed by atoms with Crippen molar-refractivity contribution in [3.63, 3.8) is 0 Å². The molecule has 1 aromatic heterocycles. The van der Waals surface area contributed by atoms with Gasteiger partial charge in [0.25, 0.3) is 5.91 Å². The molecular weight excluding hydrogens is 503 g/mol. The third kappa shape index (κ3) is 3.99. The smallest absolute Gasteiger partial charge is 0.261 e. The molecule has 2 aromatic rings. The summed E-state index contributed by atoms with van der Waals surface area (Å²) < 4.78 is 21.1. The molecule has 2 atom stereocenters. The van der Waals surface area contributed by atoms with E-state index in [2.05, 4.69) is 11.6 Å². The van der Waals surface area contributed by atoms with Crippen LogP contribution in [0.4, 0.5) is 10.2 Å². The summed E-state index contributed by atoms with van der Waals surface area (Å²) in [6, 6.07) is 3.41. The Balaban J connectivity index is 1.70. The van der Waals surface area contributed by atoms with Gasteiger partial charge in [0.05, 0.1) is 23.2 Å². The Morgan fingerprint density at radius 3 is 2.70 bits per heavy atom. The van der Waals surface area contributed by atoms with E-state index in [4.69, 9.17) is 16.3 Å². The van der Waals surface area contributed by atoms with Gasteiger partial charge in [-0.2, -0.15) is 0 Å². The van der Waals surface area contributed by atoms with Crippen LogP contribution >= 0.6 is 11.6 Å². The molecule has 0 spiro atoms. The van der Waals surface area contributed by atoms with Gasteiger partial charge in [-0.3, -0.25) is 9.59 Å². The van der Waals surface area contributed by atoms with Gasteiger partial charge in [-0.25, -0.2) is 9.37 Å². The second kappa shape index (κ2) is 9.18. The summed E-state index contributed by atoms with van der Waals surface area (Å²) in [7, 11) is 0. The topological polar surface area (TPSA) is 106 Å². The van der Waals surface area contributed by atoms with Gasteiger partial charge in [0.1, 0.15) is 40.3 Å². The lowest BCUT2D eigenvalue weighted by atomic mass is 9.97. The van der Waals surface area contributed by atoms with Gasteiger partial charge >= 0.3 is 0 Å². The van der Waals surface area contributed by atoms with Crippen LogP contribution in [0.25, 0.3) is 11.3 Å². The Kier molecular flexibility index (Phi) is 6.27. The first-order valence-corrected chi connectivity index (χ1v) is 12.5. The molecular formula is C26H28ClFN4O5. The first-order valence-electron chi connectivity index (χ1n) is 12.1. The molecule has 2 amide bonds. The van der Waals surface area contributed by atoms with Crippen molar-refractivity contribution in [2.75, 3.05) is 37.7 Å². The highest BCUT2D eigenvalue weighted by molar-refractivity contribution is 6.35. The maximum Gasteiger partial charge on any atom is 0.261 e. The number of carbonyl (C=O) groups excluding carboxylic acids is 2. The number of aromatic nitrogens is 1. The first-order chi connectivity index (χ1) is 17.6. The number of hydrogen-bond donors (Lipinski definition) is 2. The summed E-state index contributed by atoms with van der Waals surface area (Å²) in [5, 5.41) is 21.1. The van der Waals surface area contributed by atoms with E-state index in [1.165, 1.54) is 24.3 Å². The van der Waals surface area contributed by atoms with Crippen molar-refractivity contribution in [3.05, 3.63) is 47.3 Å². The number of hydrogen-bond acceptors (Lipinski definition) is 7. The van der Waals surface area contributed by atoms with Gasteiger partial charge in [0.2, 0.25) is 5.91 Å². The van der Waals surface area contributed by atoms with E-state index in [-0.39, 0.29) is 70.7 Å². The molecule has 11 heteroatoms. The van der Waals surface area contributed by atoms with Gasteiger partial charge in [0.15, 0.2) is 5.75 Å². The number of fused-ring (bicyclic) bond motifs is 2. The van der Waals surface area contributed by atoms with Gasteiger partial charge < -0.3 is 29.6 Å². The van der Waals surface area contributed by atoms with Crippen LogP contribution in [0.15, 0.2) is 30.9 Å². The fourth-order valence-electron chi connectivity index (χ4n) is 5.34. The van der Waals surface area contributed by atoms with Crippen LogP contribution in [0.5, 0.6) is 11.5 Å². The predicted molar refractivity (Wildman–Crippen MR) is 135 cm³/mol. The number of pyridine rings is 1. The Bertz CT molecular complexity index is 1280. The number of aliphatic hydroxyl groups is 1. The zero-order chi connectivity index (χ0) is 26.6. The standard InChI is InChI=1S/C26H28ClFN4O5/c1-4-18(35)30-10-11-31-14(12-30)13-37-23-20(25(31)36)24(32-9-8-17(34)26(32,2)3)29-22(21(23)27)19-15(28)6-5-7-16(19)33/h4-7,14,17,33-34H,1,8-13H2,2-3H3/t14-,17+/m1/s1. The molecule has 3 aliphatic rings. The number of aliphatic hydroxyl groups excluding tert-OH is 1. The molecule has 3 aliphatic heterocycles. The van der Waals surface area contributed by atoms with E-state index in [0.717, 1.165) is 0 Å². The van der Waals surface area contributed by atoms with Crippen LogP contribution in [-0.2, 0) is 4.79 Å². The number of halogens is 2. The average molecular weight is 531 g/mol. The van der Waals surface area contributed by atoms with Crippen LogP contribution < -0.4 is 9.64 Å². The third-order valence-corrected chi connectivity index (χ3v) is 7.91. The predicted octanol–water partition coefficient (Wildman–Crippen LogP) is 2.83. The number of phenolic OH excluding ortho intramolecular Hbond substituents is 1. The van der Waals surface area contributed by atoms with E-state index < -0.39 is 23.5 Å². The van der Waals surface area contributed by atoms with Crippen LogP contribution in [0.1, 0.15) is 30.6 Å². The largest absolute Gasteiger partial charge is 0.507 e. The molecule has 0 aliphatic carbocycles. The van der Waals surface area contributed by atoms with Crippen molar-refractivity contribution >= 4 is 29.2 Å². The first kappa shape index (κ1) is 25.3. The molecule has 2 fully saturated rings. The normalized spacial score (nSPS) is 22.7. The molecule has 0 saturated carbocycles. The molecule has 4 heterocycles. The van der Waals surface area contributed by atoms with Crippen LogP contribution in [0.3, 0.4) is 0 Å². The Labute approximate surface area is 218 Å². The van der Waals surface area contributed by atoms with Crippen molar-refractivity contribution < 1.29 is 28.9 Å². The fourth-order valence-corrected chi connectivity index (χ4v) is 5.62. The summed E-state index contributed by atoms with van der Waals surface area (Å²) >= 11 is 6.74. The Morgan fingerprint density at radius 1 is 1.30 bits per heavy atom. The number of aromatic hydroxyl groups is 1. The molecule has 0 bridgehead atoms. The van der Waals surface area contributed by atoms with Crippen molar-refractivity contribution in [3.8, 4) is 22.8 Å². The van der Waals surface area contributed by atoms with E-state index in [1.807, 2.05) is 13.8 Å². The number of amides is 2. The number of anilines is 1. The number of phenols is 1. The van der Waals surface area contributed by atoms with Gasteiger partial charge in [-0.1, -0.05) is 24.2 Å². The lowest BCUT2D eigenvalue weighted by Gasteiger charge is -2.40. The second-order valence-corrected chi connectivity index (χ2v) is 10.4. The maximum absolute atomic E-state index is 14.9. The van der Waals surface area contributed by atoms with Crippen LogP contribution in [0, 0.1) is 5.82 Å². The lowest BCUT2D eigenvalue weighted by Crippen LogP contribution is -2.57. The Hall–Kier alpha value is -3.37. The molecule has 2 saturated heterocycles. The number of piperazine rings is 1. The number of carbonyl (C=O) groups is 2. The molecule has 0 radical (unpaired) electrons. The van der Waals surface area contributed by atoms with Crippen molar-refractivity contribution in [1.82, 2.24) is 14.8 Å². The van der Waals surface area contributed by atoms with Crippen molar-refractivity contribution in [2.24, 2.45) is 0 Å². The molecule has 2 N–H and O–H groups in total. The molecule has 1 aromatic carbocycles. The van der Waals surface area contributed by atoms with E-state index in [1.54, 1.807) is 14.7 Å². The number of ether oxygens (including phenoxy) is 1. The zero-order valence-corrected chi connectivity index (χ0v) is 21.3. The van der Waals surface area contributed by atoms with Gasteiger partial charge in [0, 0.05) is 26.2 Å². The summed E-state index contributed by atoms with van der Waals surface area (Å²) in [5.74, 6) is -1.50. The number of benzene rings is 1. The van der Waals surface area contributed by atoms with Crippen molar-refractivity contribution in [2.45, 2.75) is 38.0 Å². The monoisotopic (exact) mass is 530 g/mol. The SMILES string of the molecule is C=CC(=O)N1CCN2C(=O)c3c(N4CC[C@H](O)C4(C)C)nc(-c4c(O)cccc4F)c(Cl)c3OC[C@H]2C1. The molecule has 37 heavy (non-hydrogen) atoms. The minimum atomic E-state index is -0.801. The zero-order valence-electron chi connectivity index (χ0n) is 20.6. The average Bonchev–Trinajstić information content (AvgIpc) is 3.04. The minimum absolute atomic E-state index is 0.0301. The highest BCUT2D eigenvalue weighted by atomic mass is 35.5.